The van der Waals surface area contributed by atoms with E-state index in [1.807, 2.05) is 42.5 Å². The summed E-state index contributed by atoms with van der Waals surface area (Å²) in [7, 11) is 3.21. The Hall–Kier alpha value is -2.92. The first-order chi connectivity index (χ1) is 12.6. The predicted octanol–water partition coefficient (Wildman–Crippen LogP) is 2.73. The molecule has 0 atom stereocenters. The molecular formula is C21H24N2O3. The first-order valence-electron chi connectivity index (χ1n) is 8.46. The highest BCUT2D eigenvalue weighted by molar-refractivity contribution is 5.94. The number of carbonyl (C=O) groups excluding carboxylic acids is 2. The average Bonchev–Trinajstić information content (AvgIpc) is 2.69. The van der Waals surface area contributed by atoms with E-state index in [1.165, 1.54) is 0 Å². The molecule has 0 aliphatic heterocycles. The van der Waals surface area contributed by atoms with E-state index in [1.54, 1.807) is 43.3 Å². The highest BCUT2D eigenvalue weighted by Gasteiger charge is 2.11. The lowest BCUT2D eigenvalue weighted by Crippen LogP contribution is -2.32. The van der Waals surface area contributed by atoms with Crippen molar-refractivity contribution in [2.45, 2.75) is 6.54 Å². The normalized spacial score (nSPS) is 10.7. The summed E-state index contributed by atoms with van der Waals surface area (Å²) in [5, 5.41) is 2.58. The molecule has 0 saturated heterocycles. The zero-order chi connectivity index (χ0) is 18.8. The van der Waals surface area contributed by atoms with Crippen molar-refractivity contribution in [1.29, 1.82) is 0 Å². The molecule has 0 aromatic heterocycles. The zero-order valence-electron chi connectivity index (χ0n) is 15.1. The molecule has 136 valence electrons. The van der Waals surface area contributed by atoms with Gasteiger partial charge in [-0.1, -0.05) is 42.5 Å². The van der Waals surface area contributed by atoms with Crippen molar-refractivity contribution in [1.82, 2.24) is 10.2 Å². The minimum atomic E-state index is -0.134. The maximum atomic E-state index is 12.6. The second-order valence-corrected chi connectivity index (χ2v) is 5.77. The van der Waals surface area contributed by atoms with Gasteiger partial charge in [0, 0.05) is 38.9 Å². The Morgan fingerprint density at radius 2 is 1.77 bits per heavy atom. The second-order valence-electron chi connectivity index (χ2n) is 5.77. The number of ether oxygens (including phenoxy) is 1. The molecule has 2 rings (SSSR count). The number of nitrogens with one attached hydrogen (secondary N) is 1. The molecule has 1 N–H and O–H groups in total. The number of benzene rings is 2. The Bertz CT molecular complexity index is 740. The van der Waals surface area contributed by atoms with Crippen LogP contribution in [0.5, 0.6) is 0 Å². The number of hydrogen-bond donors (Lipinski definition) is 1. The zero-order valence-corrected chi connectivity index (χ0v) is 15.1. The maximum Gasteiger partial charge on any atom is 0.251 e. The number of rotatable bonds is 8. The van der Waals surface area contributed by atoms with Gasteiger partial charge in [0.25, 0.3) is 5.91 Å². The van der Waals surface area contributed by atoms with Gasteiger partial charge in [-0.05, 0) is 29.3 Å². The van der Waals surface area contributed by atoms with Gasteiger partial charge in [0.1, 0.15) is 0 Å². The maximum absolute atomic E-state index is 12.6. The fourth-order valence-corrected chi connectivity index (χ4v) is 2.44. The van der Waals surface area contributed by atoms with E-state index in [2.05, 4.69) is 5.32 Å². The van der Waals surface area contributed by atoms with Gasteiger partial charge in [0.05, 0.1) is 6.61 Å². The van der Waals surface area contributed by atoms with E-state index < -0.39 is 0 Å². The molecule has 2 amide bonds. The Morgan fingerprint density at radius 3 is 2.38 bits per heavy atom. The third-order valence-electron chi connectivity index (χ3n) is 3.91. The van der Waals surface area contributed by atoms with E-state index in [-0.39, 0.29) is 11.8 Å². The Labute approximate surface area is 154 Å². The fraction of sp³-hybridized carbons (Fsp3) is 0.238. The molecule has 26 heavy (non-hydrogen) atoms. The molecule has 2 aromatic carbocycles. The van der Waals surface area contributed by atoms with Gasteiger partial charge in [-0.25, -0.2) is 0 Å². The van der Waals surface area contributed by atoms with Crippen molar-refractivity contribution in [3.05, 3.63) is 77.4 Å². The number of amides is 2. The van der Waals surface area contributed by atoms with Gasteiger partial charge in [-0.2, -0.15) is 0 Å². The molecule has 0 fully saturated rings. The van der Waals surface area contributed by atoms with Crippen LogP contribution in [-0.2, 0) is 16.1 Å². The molecule has 0 bridgehead atoms. The van der Waals surface area contributed by atoms with Gasteiger partial charge in [-0.15, -0.1) is 0 Å². The van der Waals surface area contributed by atoms with Crippen LogP contribution in [0.3, 0.4) is 0 Å². The number of carbonyl (C=O) groups is 2. The molecule has 0 unspecified atom stereocenters. The van der Waals surface area contributed by atoms with Crippen LogP contribution < -0.4 is 5.32 Å². The molecular weight excluding hydrogens is 328 g/mol. The third kappa shape index (κ3) is 5.86. The SMILES string of the molecule is CNC(=O)c1ccc(/C=C/C(=O)N(CCOC)Cc2ccccc2)cc1. The summed E-state index contributed by atoms with van der Waals surface area (Å²) >= 11 is 0. The minimum Gasteiger partial charge on any atom is -0.383 e. The highest BCUT2D eigenvalue weighted by Crippen LogP contribution is 2.09. The summed E-state index contributed by atoms with van der Waals surface area (Å²) in [6.45, 7) is 1.53. The molecule has 5 heteroatoms. The van der Waals surface area contributed by atoms with Gasteiger partial charge >= 0.3 is 0 Å². The van der Waals surface area contributed by atoms with E-state index in [0.29, 0.717) is 25.3 Å². The van der Waals surface area contributed by atoms with Gasteiger partial charge < -0.3 is 15.0 Å². The van der Waals surface area contributed by atoms with Crippen molar-refractivity contribution in [3.8, 4) is 0 Å². The third-order valence-corrected chi connectivity index (χ3v) is 3.91. The summed E-state index contributed by atoms with van der Waals surface area (Å²) in [4.78, 5) is 25.9. The first kappa shape index (κ1) is 19.4. The Balaban J connectivity index is 2.05. The quantitative estimate of drug-likeness (QED) is 0.743. The number of nitrogens with zero attached hydrogens (tertiary/aromatic N) is 1. The van der Waals surface area contributed by atoms with E-state index in [4.69, 9.17) is 4.74 Å². The molecule has 0 aliphatic carbocycles. The fourth-order valence-electron chi connectivity index (χ4n) is 2.44. The van der Waals surface area contributed by atoms with Gasteiger partial charge in [0.2, 0.25) is 5.91 Å². The monoisotopic (exact) mass is 352 g/mol. The first-order valence-corrected chi connectivity index (χ1v) is 8.46. The Kier molecular flexibility index (Phi) is 7.58. The predicted molar refractivity (Wildman–Crippen MR) is 103 cm³/mol. The van der Waals surface area contributed by atoms with Crippen LogP contribution in [0.2, 0.25) is 0 Å². The van der Waals surface area contributed by atoms with Crippen LogP contribution in [-0.4, -0.2) is 44.0 Å². The molecule has 0 radical (unpaired) electrons. The standard InChI is InChI=1S/C21H24N2O3/c1-22-21(25)19-11-8-17(9-12-19)10-13-20(24)23(14-15-26-2)16-18-6-4-3-5-7-18/h3-13H,14-16H2,1-2H3,(H,22,25)/b13-10+. The van der Waals surface area contributed by atoms with E-state index in [0.717, 1.165) is 11.1 Å². The van der Waals surface area contributed by atoms with Crippen LogP contribution in [0, 0.1) is 0 Å². The lowest BCUT2D eigenvalue weighted by Gasteiger charge is -2.21. The summed E-state index contributed by atoms with van der Waals surface area (Å²) in [6, 6.07) is 16.9. The summed E-state index contributed by atoms with van der Waals surface area (Å²) < 4.78 is 5.11. The second kappa shape index (κ2) is 10.2. The summed E-state index contributed by atoms with van der Waals surface area (Å²) in [6.07, 6.45) is 3.30. The summed E-state index contributed by atoms with van der Waals surface area (Å²) in [5.41, 5.74) is 2.51. The molecule has 0 aliphatic rings. The molecule has 0 saturated carbocycles. The Morgan fingerprint density at radius 1 is 1.08 bits per heavy atom. The number of hydrogen-bond acceptors (Lipinski definition) is 3. The van der Waals surface area contributed by atoms with Crippen molar-refractivity contribution in [2.24, 2.45) is 0 Å². The molecule has 0 spiro atoms. The molecule has 5 nitrogen and oxygen atoms in total. The average molecular weight is 352 g/mol. The van der Waals surface area contributed by atoms with Crippen LogP contribution in [0.1, 0.15) is 21.5 Å². The minimum absolute atomic E-state index is 0.0821. The van der Waals surface area contributed by atoms with Crippen LogP contribution >= 0.6 is 0 Å². The lowest BCUT2D eigenvalue weighted by molar-refractivity contribution is -0.127. The van der Waals surface area contributed by atoms with Crippen LogP contribution in [0.15, 0.2) is 60.7 Å². The molecule has 0 heterocycles. The van der Waals surface area contributed by atoms with Crippen molar-refractivity contribution in [3.63, 3.8) is 0 Å². The van der Waals surface area contributed by atoms with Crippen molar-refractivity contribution >= 4 is 17.9 Å². The smallest absolute Gasteiger partial charge is 0.251 e. The van der Waals surface area contributed by atoms with Crippen molar-refractivity contribution < 1.29 is 14.3 Å². The van der Waals surface area contributed by atoms with Crippen LogP contribution in [0.4, 0.5) is 0 Å². The largest absolute Gasteiger partial charge is 0.383 e. The van der Waals surface area contributed by atoms with E-state index >= 15 is 0 Å². The highest BCUT2D eigenvalue weighted by atomic mass is 16.5. The van der Waals surface area contributed by atoms with E-state index in [9.17, 15) is 9.59 Å². The molecule has 2 aromatic rings. The van der Waals surface area contributed by atoms with Crippen molar-refractivity contribution in [2.75, 3.05) is 27.3 Å². The van der Waals surface area contributed by atoms with Gasteiger partial charge in [-0.3, -0.25) is 9.59 Å². The van der Waals surface area contributed by atoms with Crippen LogP contribution in [0.25, 0.3) is 6.08 Å². The summed E-state index contributed by atoms with van der Waals surface area (Å²) in [5.74, 6) is -0.216. The number of methoxy groups -OCH3 is 1. The topological polar surface area (TPSA) is 58.6 Å². The lowest BCUT2D eigenvalue weighted by atomic mass is 10.1. The van der Waals surface area contributed by atoms with Gasteiger partial charge in [0.15, 0.2) is 0 Å².